The first kappa shape index (κ1) is 12.4. The molecule has 5 heteroatoms. The predicted octanol–water partition coefficient (Wildman–Crippen LogP) is 2.37. The molecule has 1 aromatic carbocycles. The average molecular weight is 267 g/mol. The number of benzene rings is 1. The monoisotopic (exact) mass is 267 g/mol. The van der Waals surface area contributed by atoms with Crippen LogP contribution < -0.4 is 5.32 Å². The highest BCUT2D eigenvalue weighted by Gasteiger charge is 2.30. The molecule has 0 bridgehead atoms. The molecule has 1 heterocycles. The SMILES string of the molecule is N#C[C@H]1C[C@@H](NC(=O)c2cc(-c3ccccc3)on2)C1. The highest BCUT2D eigenvalue weighted by molar-refractivity contribution is 5.93. The Balaban J connectivity index is 1.65. The molecule has 1 aromatic heterocycles. The second-order valence-electron chi connectivity index (χ2n) is 4.91. The Morgan fingerprint density at radius 2 is 2.10 bits per heavy atom. The number of hydrogen-bond acceptors (Lipinski definition) is 4. The van der Waals surface area contributed by atoms with E-state index in [1.165, 1.54) is 0 Å². The Morgan fingerprint density at radius 1 is 1.35 bits per heavy atom. The van der Waals surface area contributed by atoms with Crippen LogP contribution in [0.25, 0.3) is 11.3 Å². The van der Waals surface area contributed by atoms with Gasteiger partial charge in [-0.25, -0.2) is 0 Å². The second kappa shape index (κ2) is 5.17. The summed E-state index contributed by atoms with van der Waals surface area (Å²) in [4.78, 5) is 12.0. The molecule has 0 atom stereocenters. The summed E-state index contributed by atoms with van der Waals surface area (Å²) in [6.07, 6.45) is 1.43. The first-order valence-corrected chi connectivity index (χ1v) is 6.49. The van der Waals surface area contributed by atoms with E-state index in [1.54, 1.807) is 6.07 Å². The molecule has 0 saturated heterocycles. The lowest BCUT2D eigenvalue weighted by atomic mass is 9.81. The van der Waals surface area contributed by atoms with E-state index in [9.17, 15) is 4.79 Å². The molecule has 0 aliphatic heterocycles. The summed E-state index contributed by atoms with van der Waals surface area (Å²) in [5.74, 6) is 0.383. The Hall–Kier alpha value is -2.61. The molecule has 1 fully saturated rings. The zero-order chi connectivity index (χ0) is 13.9. The van der Waals surface area contributed by atoms with Gasteiger partial charge in [-0.1, -0.05) is 35.5 Å². The fourth-order valence-corrected chi connectivity index (χ4v) is 2.22. The van der Waals surface area contributed by atoms with Gasteiger partial charge < -0.3 is 9.84 Å². The maximum absolute atomic E-state index is 12.0. The molecular weight excluding hydrogens is 254 g/mol. The van der Waals surface area contributed by atoms with E-state index in [2.05, 4.69) is 16.5 Å². The van der Waals surface area contributed by atoms with Crippen LogP contribution in [0.2, 0.25) is 0 Å². The predicted molar refractivity (Wildman–Crippen MR) is 71.5 cm³/mol. The van der Waals surface area contributed by atoms with Crippen molar-refractivity contribution in [2.24, 2.45) is 5.92 Å². The average Bonchev–Trinajstić information content (AvgIpc) is 2.93. The Labute approximate surface area is 116 Å². The van der Waals surface area contributed by atoms with Crippen LogP contribution >= 0.6 is 0 Å². The standard InChI is InChI=1S/C15H13N3O2/c16-9-10-6-12(7-10)17-15(19)13-8-14(20-18-13)11-4-2-1-3-5-11/h1-5,8,10,12H,6-7H2,(H,17,19)/t10-,12+. The van der Waals surface area contributed by atoms with Crippen molar-refractivity contribution >= 4 is 5.91 Å². The lowest BCUT2D eigenvalue weighted by Crippen LogP contribution is -2.43. The van der Waals surface area contributed by atoms with Crippen LogP contribution in [0.4, 0.5) is 0 Å². The first-order chi connectivity index (χ1) is 9.76. The molecule has 1 saturated carbocycles. The van der Waals surface area contributed by atoms with Gasteiger partial charge in [0.25, 0.3) is 5.91 Å². The van der Waals surface area contributed by atoms with E-state index >= 15 is 0 Å². The molecule has 1 aliphatic carbocycles. The smallest absolute Gasteiger partial charge is 0.273 e. The molecular formula is C15H13N3O2. The van der Waals surface area contributed by atoms with Crippen LogP contribution in [0.3, 0.4) is 0 Å². The van der Waals surface area contributed by atoms with Gasteiger partial charge in [0.05, 0.1) is 12.0 Å². The van der Waals surface area contributed by atoms with E-state index in [0.717, 1.165) is 5.56 Å². The summed E-state index contributed by atoms with van der Waals surface area (Å²) in [6, 6.07) is 13.4. The van der Waals surface area contributed by atoms with Gasteiger partial charge in [0.1, 0.15) is 0 Å². The van der Waals surface area contributed by atoms with Crippen molar-refractivity contribution in [1.82, 2.24) is 10.5 Å². The van der Waals surface area contributed by atoms with Crippen molar-refractivity contribution < 1.29 is 9.32 Å². The number of nitriles is 1. The third-order valence-corrected chi connectivity index (χ3v) is 3.46. The third kappa shape index (κ3) is 2.41. The van der Waals surface area contributed by atoms with Crippen molar-refractivity contribution in [3.8, 4) is 17.4 Å². The summed E-state index contributed by atoms with van der Waals surface area (Å²) in [5, 5.41) is 15.3. The number of rotatable bonds is 3. The van der Waals surface area contributed by atoms with Crippen molar-refractivity contribution in [3.63, 3.8) is 0 Å². The van der Waals surface area contributed by atoms with Crippen LogP contribution in [-0.2, 0) is 0 Å². The minimum absolute atomic E-state index is 0.0671. The van der Waals surface area contributed by atoms with Gasteiger partial charge in [-0.3, -0.25) is 4.79 Å². The third-order valence-electron chi connectivity index (χ3n) is 3.46. The number of carbonyl (C=O) groups is 1. The number of aromatic nitrogens is 1. The molecule has 5 nitrogen and oxygen atoms in total. The fourth-order valence-electron chi connectivity index (χ4n) is 2.22. The number of carbonyl (C=O) groups excluding carboxylic acids is 1. The van der Waals surface area contributed by atoms with Gasteiger partial charge in [0.15, 0.2) is 11.5 Å². The highest BCUT2D eigenvalue weighted by atomic mass is 16.5. The zero-order valence-electron chi connectivity index (χ0n) is 10.7. The Bertz CT molecular complexity index is 651. The lowest BCUT2D eigenvalue weighted by Gasteiger charge is -2.30. The van der Waals surface area contributed by atoms with Crippen LogP contribution in [0.15, 0.2) is 40.9 Å². The highest BCUT2D eigenvalue weighted by Crippen LogP contribution is 2.27. The Morgan fingerprint density at radius 3 is 2.80 bits per heavy atom. The van der Waals surface area contributed by atoms with Crippen molar-refractivity contribution in [1.29, 1.82) is 5.26 Å². The molecule has 0 unspecified atom stereocenters. The first-order valence-electron chi connectivity index (χ1n) is 6.49. The molecule has 3 rings (SSSR count). The van der Waals surface area contributed by atoms with Crippen LogP contribution in [-0.4, -0.2) is 17.1 Å². The largest absolute Gasteiger partial charge is 0.355 e. The topological polar surface area (TPSA) is 78.9 Å². The minimum Gasteiger partial charge on any atom is -0.355 e. The maximum Gasteiger partial charge on any atom is 0.273 e. The number of nitrogens with one attached hydrogen (secondary N) is 1. The van der Waals surface area contributed by atoms with Gasteiger partial charge in [-0.15, -0.1) is 0 Å². The fraction of sp³-hybridized carbons (Fsp3) is 0.267. The zero-order valence-corrected chi connectivity index (χ0v) is 10.7. The summed E-state index contributed by atoms with van der Waals surface area (Å²) in [5.41, 5.74) is 1.15. The molecule has 1 amide bonds. The number of nitrogens with zero attached hydrogens (tertiary/aromatic N) is 2. The van der Waals surface area contributed by atoms with Gasteiger partial charge >= 0.3 is 0 Å². The molecule has 20 heavy (non-hydrogen) atoms. The van der Waals surface area contributed by atoms with E-state index in [1.807, 2.05) is 30.3 Å². The van der Waals surface area contributed by atoms with Gasteiger partial charge in [-0.2, -0.15) is 5.26 Å². The van der Waals surface area contributed by atoms with Crippen LogP contribution in [0, 0.1) is 17.2 Å². The van der Waals surface area contributed by atoms with E-state index in [4.69, 9.17) is 9.78 Å². The van der Waals surface area contributed by atoms with E-state index < -0.39 is 0 Å². The Kier molecular flexibility index (Phi) is 3.21. The lowest BCUT2D eigenvalue weighted by molar-refractivity contribution is 0.0895. The summed E-state index contributed by atoms with van der Waals surface area (Å²) >= 11 is 0. The number of amides is 1. The normalized spacial score (nSPS) is 20.8. The summed E-state index contributed by atoms with van der Waals surface area (Å²) in [7, 11) is 0. The van der Waals surface area contributed by atoms with Crippen LogP contribution in [0.1, 0.15) is 23.3 Å². The molecule has 0 radical (unpaired) electrons. The van der Waals surface area contributed by atoms with Gasteiger partial charge in [-0.05, 0) is 12.8 Å². The molecule has 1 N–H and O–H groups in total. The van der Waals surface area contributed by atoms with Gasteiger partial charge in [0.2, 0.25) is 0 Å². The summed E-state index contributed by atoms with van der Waals surface area (Å²) < 4.78 is 5.18. The van der Waals surface area contributed by atoms with Crippen molar-refractivity contribution in [2.45, 2.75) is 18.9 Å². The quantitative estimate of drug-likeness (QED) is 0.925. The van der Waals surface area contributed by atoms with Crippen molar-refractivity contribution in [3.05, 3.63) is 42.1 Å². The molecule has 2 aromatic rings. The second-order valence-corrected chi connectivity index (χ2v) is 4.91. The molecule has 100 valence electrons. The van der Waals surface area contributed by atoms with Gasteiger partial charge in [0, 0.05) is 17.7 Å². The van der Waals surface area contributed by atoms with Crippen LogP contribution in [0.5, 0.6) is 0 Å². The number of hydrogen-bond donors (Lipinski definition) is 1. The molecule has 1 aliphatic rings. The van der Waals surface area contributed by atoms with E-state index in [0.29, 0.717) is 18.6 Å². The molecule has 0 spiro atoms. The van der Waals surface area contributed by atoms with E-state index in [-0.39, 0.29) is 23.6 Å². The minimum atomic E-state index is -0.252. The summed E-state index contributed by atoms with van der Waals surface area (Å²) in [6.45, 7) is 0. The van der Waals surface area contributed by atoms with Crippen molar-refractivity contribution in [2.75, 3.05) is 0 Å². The maximum atomic E-state index is 12.0.